The van der Waals surface area contributed by atoms with Crippen LogP contribution in [0.3, 0.4) is 0 Å². The van der Waals surface area contributed by atoms with Crippen molar-refractivity contribution in [3.63, 3.8) is 0 Å². The predicted molar refractivity (Wildman–Crippen MR) is 466 cm³/mol. The molecule has 110 heavy (non-hydrogen) atoms. The van der Waals surface area contributed by atoms with E-state index in [4.69, 9.17) is 48.3 Å². The molecule has 0 radical (unpaired) electrons. The molecule has 0 saturated carbocycles. The third-order valence-electron chi connectivity index (χ3n) is 18.9. The first-order chi connectivity index (χ1) is 61.2. The summed E-state index contributed by atoms with van der Waals surface area (Å²) in [6, 6.07) is 65.9. The summed E-state index contributed by atoms with van der Waals surface area (Å²) in [5.41, 5.74) is 11.2. The molecule has 14 aromatic carbocycles. The minimum Gasteiger partial charge on any atom is -0.399 e. The summed E-state index contributed by atoms with van der Waals surface area (Å²) >= 11 is 9.63. The molecular formula is C98H78BClN6O2S2. The monoisotopic (exact) mass is 1500 g/mol. The first kappa shape index (κ1) is 52.8. The van der Waals surface area contributed by atoms with E-state index in [-0.39, 0.29) is 90.4 Å². The van der Waals surface area contributed by atoms with Gasteiger partial charge in [-0.25, -0.2) is 29.9 Å². The molecule has 1 fully saturated rings. The lowest BCUT2D eigenvalue weighted by Crippen LogP contribution is -2.41. The van der Waals surface area contributed by atoms with Gasteiger partial charge in [-0.15, -0.1) is 22.7 Å². The normalized spacial score (nSPS) is 15.2. The summed E-state index contributed by atoms with van der Waals surface area (Å²) < 4.78 is 182. The first-order valence-corrected chi connectivity index (χ1v) is 36.5. The molecule has 18 aromatic rings. The van der Waals surface area contributed by atoms with E-state index in [0.29, 0.717) is 16.1 Å². The molecule has 19 rings (SSSR count). The van der Waals surface area contributed by atoms with Gasteiger partial charge in [0.15, 0.2) is 34.9 Å². The van der Waals surface area contributed by atoms with E-state index in [1.807, 2.05) is 59.9 Å². The molecule has 4 aromatic heterocycles. The van der Waals surface area contributed by atoms with E-state index in [0.717, 1.165) is 59.0 Å². The standard InChI is InChI=1S/C45H29N3S.C30H27BO2S.C21H14ClN3.2CH4/c1-4-13-30(14-5-1)31-25-27-32(28-26-31)37-21-11-23-39-40-24-12-22-38(42(40)49-41(37)39)35-19-10-20-36(29-35)45-47-43(33-15-6-2-7-16-33)46-44(48-45)34-17-8-3-9-18-34;1-29(2)30(3,4)33-31(32-29)26-15-9-14-25-24-13-8-12-23(27(24)34-28(25)26)22-18-16-21(17-19-22)20-10-6-5-7-11-20;22-18-13-7-12-17(14-18)21-24-19(15-8-3-1-4-9-15)23-20(25-21)16-10-5-2-6-11-16;;/h1-29H;5-19H,1-4H3;1-14H;2*1H4/i2D,3D,6D,7D,8D,9D,15D,16D,17D,18D;;1D,2D,3D,4D,5D,6D,8D,9D,10D,11D;;. The zero-order valence-electron chi connectivity index (χ0n) is 78.2. The van der Waals surface area contributed by atoms with Crippen LogP contribution in [0.4, 0.5) is 0 Å². The van der Waals surface area contributed by atoms with Gasteiger partial charge in [0.25, 0.3) is 0 Å². The van der Waals surface area contributed by atoms with Gasteiger partial charge in [-0.1, -0.05) is 360 Å². The van der Waals surface area contributed by atoms with E-state index in [1.54, 1.807) is 35.6 Å². The highest BCUT2D eigenvalue weighted by Gasteiger charge is 2.52. The van der Waals surface area contributed by atoms with Crippen molar-refractivity contribution in [2.45, 2.75) is 53.8 Å². The molecule has 0 unspecified atom stereocenters. The van der Waals surface area contributed by atoms with Gasteiger partial charge in [0.05, 0.1) is 38.6 Å². The Kier molecular flexibility index (Phi) is 15.3. The highest BCUT2D eigenvalue weighted by molar-refractivity contribution is 7.27. The Morgan fingerprint density at radius 2 is 0.564 bits per heavy atom. The molecule has 12 heteroatoms. The average Bonchev–Trinajstić information content (AvgIpc) is 1.60. The zero-order valence-corrected chi connectivity index (χ0v) is 60.6. The lowest BCUT2D eigenvalue weighted by molar-refractivity contribution is 0.00578. The van der Waals surface area contributed by atoms with Gasteiger partial charge in [-0.3, -0.25) is 0 Å². The number of thiophene rings is 2. The Bertz CT molecular complexity index is 7260. The fourth-order valence-corrected chi connectivity index (χ4v) is 15.7. The summed E-state index contributed by atoms with van der Waals surface area (Å²) in [7, 11) is -0.365. The SMILES string of the molecule is C.C.CC1(C)OB(c2cccc3c2sc2c(-c4ccc(-c5ccccc5)cc4)cccc23)OC1(C)C.[2H]c1c([2H])c([2H])c(-c2nc(-c3cccc(-c4cccc5c4sc4c(-c6ccc(-c7ccccc7)cc6)cccc45)c3)nc(-c3c([2H])c([2H])c([2H])c([2H])c3[2H])n2)c([2H])c1[2H].[2H]c1c([2H])c([2H])c(-c2nc(-c3cccc(Cl)c3)nc(-c3c([2H])c([2H])c([2H])c([2H])c3[2H])n2)c([2H])c1[2H]. The van der Waals surface area contributed by atoms with Crippen molar-refractivity contribution in [3.05, 3.63) is 356 Å². The van der Waals surface area contributed by atoms with Crippen molar-refractivity contribution >= 4 is 87.2 Å². The second-order valence-electron chi connectivity index (χ2n) is 26.2. The summed E-state index contributed by atoms with van der Waals surface area (Å²) in [5.74, 6) is -1.30. The van der Waals surface area contributed by atoms with Crippen LogP contribution in [-0.2, 0) is 9.31 Å². The second kappa shape index (κ2) is 31.9. The molecule has 8 nitrogen and oxygen atoms in total. The van der Waals surface area contributed by atoms with Crippen molar-refractivity contribution < 1.29 is 36.7 Å². The maximum Gasteiger partial charge on any atom is 0.496 e. The van der Waals surface area contributed by atoms with Crippen LogP contribution in [0.1, 0.15) is 70.0 Å². The number of hydrogen-bond donors (Lipinski definition) is 0. The number of halogens is 1. The Morgan fingerprint density at radius 3 is 0.945 bits per heavy atom. The fourth-order valence-electron chi connectivity index (χ4n) is 12.8. The van der Waals surface area contributed by atoms with Crippen LogP contribution < -0.4 is 5.46 Å². The first-order valence-electron chi connectivity index (χ1n) is 44.4. The van der Waals surface area contributed by atoms with Gasteiger partial charge in [0.2, 0.25) is 0 Å². The minimum absolute atomic E-state index is 0. The zero-order chi connectivity index (χ0) is 90.5. The predicted octanol–water partition coefficient (Wildman–Crippen LogP) is 26.7. The number of benzene rings is 14. The maximum absolute atomic E-state index is 8.66. The third-order valence-corrected chi connectivity index (χ3v) is 21.7. The smallest absolute Gasteiger partial charge is 0.399 e. The van der Waals surface area contributed by atoms with Crippen LogP contribution in [0.25, 0.3) is 164 Å². The van der Waals surface area contributed by atoms with Crippen molar-refractivity contribution in [3.8, 4) is 124 Å². The van der Waals surface area contributed by atoms with Gasteiger partial charge >= 0.3 is 7.12 Å². The summed E-state index contributed by atoms with van der Waals surface area (Å²) in [6.45, 7) is 8.43. The highest BCUT2D eigenvalue weighted by atomic mass is 35.5. The molecule has 0 N–H and O–H groups in total. The minimum atomic E-state index is -0.602. The Balaban J connectivity index is 0.000000157. The van der Waals surface area contributed by atoms with E-state index in [1.165, 1.54) is 48.5 Å². The molecule has 0 spiro atoms. The van der Waals surface area contributed by atoms with Gasteiger partial charge in [-0.05, 0) is 107 Å². The molecule has 0 bridgehead atoms. The molecule has 0 atom stereocenters. The van der Waals surface area contributed by atoms with Crippen LogP contribution in [0.2, 0.25) is 5.02 Å². The number of rotatable bonds is 12. The third kappa shape index (κ3) is 15.1. The van der Waals surface area contributed by atoms with E-state index >= 15 is 0 Å². The van der Waals surface area contributed by atoms with Crippen molar-refractivity contribution in [2.24, 2.45) is 0 Å². The van der Waals surface area contributed by atoms with Crippen molar-refractivity contribution in [2.75, 3.05) is 0 Å². The maximum atomic E-state index is 8.66. The van der Waals surface area contributed by atoms with E-state index in [2.05, 4.69) is 209 Å². The van der Waals surface area contributed by atoms with E-state index < -0.39 is 121 Å². The van der Waals surface area contributed by atoms with Crippen LogP contribution in [0, 0.1) is 0 Å². The number of fused-ring (bicyclic) bond motifs is 6. The molecule has 534 valence electrons. The van der Waals surface area contributed by atoms with Crippen LogP contribution in [0.15, 0.2) is 351 Å². The van der Waals surface area contributed by atoms with Gasteiger partial charge < -0.3 is 9.31 Å². The molecule has 1 aliphatic rings. The second-order valence-corrected chi connectivity index (χ2v) is 28.6. The topological polar surface area (TPSA) is 95.8 Å². The molecule has 0 aliphatic carbocycles. The fraction of sp³-hybridized carbons (Fsp3) is 0.0816. The summed E-state index contributed by atoms with van der Waals surface area (Å²) in [6.07, 6.45) is 0. The summed E-state index contributed by atoms with van der Waals surface area (Å²) in [5, 5.41) is 5.09. The molecule has 0 amide bonds. The van der Waals surface area contributed by atoms with E-state index in [9.17, 15) is 0 Å². The Hall–Kier alpha value is -12.2. The quantitative estimate of drug-likeness (QED) is 0.112. The number of hydrogen-bond acceptors (Lipinski definition) is 10. The Labute approximate surface area is 684 Å². The largest absolute Gasteiger partial charge is 0.496 e. The molecular weight excluding hydrogens is 1400 g/mol. The lowest BCUT2D eigenvalue weighted by Gasteiger charge is -2.32. The molecule has 1 saturated heterocycles. The Morgan fingerprint density at radius 1 is 0.282 bits per heavy atom. The van der Waals surface area contributed by atoms with Gasteiger partial charge in [0, 0.05) is 78.8 Å². The van der Waals surface area contributed by atoms with Crippen LogP contribution in [0.5, 0.6) is 0 Å². The van der Waals surface area contributed by atoms with Crippen molar-refractivity contribution in [1.82, 2.24) is 29.9 Å². The van der Waals surface area contributed by atoms with Gasteiger partial charge in [0.1, 0.15) is 0 Å². The highest BCUT2D eigenvalue weighted by Crippen LogP contribution is 2.46. The molecule has 1 aliphatic heterocycles. The van der Waals surface area contributed by atoms with Gasteiger partial charge in [-0.2, -0.15) is 0 Å². The number of nitrogens with zero attached hydrogens (tertiary/aromatic N) is 6. The van der Waals surface area contributed by atoms with Crippen molar-refractivity contribution in [1.29, 1.82) is 0 Å². The van der Waals surface area contributed by atoms with Crippen LogP contribution >= 0.6 is 34.3 Å². The number of aromatic nitrogens is 6. The molecule has 5 heterocycles. The van der Waals surface area contributed by atoms with Crippen LogP contribution in [-0.4, -0.2) is 48.2 Å². The average molecular weight is 1500 g/mol. The lowest BCUT2D eigenvalue weighted by atomic mass is 9.78. The summed E-state index contributed by atoms with van der Waals surface area (Å²) in [4.78, 5) is 26.4.